The molecule has 0 heterocycles. The highest BCUT2D eigenvalue weighted by molar-refractivity contribution is 5.30. The zero-order valence-corrected chi connectivity index (χ0v) is 8.22. The molecule has 2 unspecified atom stereocenters. The maximum Gasteiger partial charge on any atom is 0.132 e. The molecular formula is C10H13FO4. The molecule has 2 atom stereocenters. The molecule has 1 aromatic carbocycles. The lowest BCUT2D eigenvalue weighted by Gasteiger charge is -2.16. The third-order valence-electron chi connectivity index (χ3n) is 2.08. The van der Waals surface area contributed by atoms with E-state index in [-0.39, 0.29) is 5.56 Å². The van der Waals surface area contributed by atoms with Gasteiger partial charge in [0.1, 0.15) is 23.8 Å². The molecule has 3 N–H and O–H groups in total. The van der Waals surface area contributed by atoms with E-state index in [0.29, 0.717) is 5.75 Å². The van der Waals surface area contributed by atoms with E-state index in [9.17, 15) is 9.50 Å². The van der Waals surface area contributed by atoms with Crippen LogP contribution in [0.2, 0.25) is 0 Å². The van der Waals surface area contributed by atoms with E-state index in [1.807, 2.05) is 0 Å². The Labute approximate surface area is 86.6 Å². The summed E-state index contributed by atoms with van der Waals surface area (Å²) >= 11 is 0. The van der Waals surface area contributed by atoms with Crippen molar-refractivity contribution in [2.24, 2.45) is 0 Å². The predicted molar refractivity (Wildman–Crippen MR) is 51.0 cm³/mol. The Morgan fingerprint density at radius 3 is 2.53 bits per heavy atom. The van der Waals surface area contributed by atoms with Crippen LogP contribution in [0.25, 0.3) is 0 Å². The smallest absolute Gasteiger partial charge is 0.132 e. The van der Waals surface area contributed by atoms with Crippen LogP contribution in [0.15, 0.2) is 18.2 Å². The highest BCUT2D eigenvalue weighted by Gasteiger charge is 2.20. The number of benzene rings is 1. The Hall–Kier alpha value is -1.17. The molecule has 0 fully saturated rings. The quantitative estimate of drug-likeness (QED) is 0.673. The lowest BCUT2D eigenvalue weighted by atomic mass is 10.0. The molecule has 0 radical (unpaired) electrons. The maximum atomic E-state index is 13.4. The molecule has 5 heteroatoms. The third-order valence-corrected chi connectivity index (χ3v) is 2.08. The standard InChI is InChI=1S/C10H13FO4/c1-15-6-2-3-7(8(11)4-6)10(14)9(13)5-12/h2-4,9-10,12-14H,5H2,1H3. The van der Waals surface area contributed by atoms with Gasteiger partial charge in [0.25, 0.3) is 0 Å². The molecular weight excluding hydrogens is 203 g/mol. The van der Waals surface area contributed by atoms with E-state index in [1.165, 1.54) is 19.2 Å². The molecule has 1 aromatic rings. The second-order valence-corrected chi connectivity index (χ2v) is 3.08. The molecule has 0 saturated heterocycles. The number of hydrogen-bond donors (Lipinski definition) is 3. The fourth-order valence-corrected chi connectivity index (χ4v) is 1.18. The van der Waals surface area contributed by atoms with Crippen LogP contribution in [-0.2, 0) is 0 Å². The summed E-state index contributed by atoms with van der Waals surface area (Å²) in [6.07, 6.45) is -2.84. The number of hydrogen-bond acceptors (Lipinski definition) is 4. The van der Waals surface area contributed by atoms with Crippen molar-refractivity contribution in [3.63, 3.8) is 0 Å². The van der Waals surface area contributed by atoms with Gasteiger partial charge in [0.2, 0.25) is 0 Å². The molecule has 0 aliphatic heterocycles. The minimum atomic E-state index is -1.44. The van der Waals surface area contributed by atoms with E-state index >= 15 is 0 Å². The first-order valence-corrected chi connectivity index (χ1v) is 4.40. The molecule has 0 spiro atoms. The van der Waals surface area contributed by atoms with Crippen molar-refractivity contribution in [2.45, 2.75) is 12.2 Å². The summed E-state index contributed by atoms with van der Waals surface area (Å²) in [6, 6.07) is 3.87. The van der Waals surface area contributed by atoms with E-state index in [0.717, 1.165) is 6.07 Å². The van der Waals surface area contributed by atoms with Crippen molar-refractivity contribution in [1.29, 1.82) is 0 Å². The van der Waals surface area contributed by atoms with E-state index < -0.39 is 24.6 Å². The fourth-order valence-electron chi connectivity index (χ4n) is 1.18. The zero-order valence-electron chi connectivity index (χ0n) is 8.22. The van der Waals surface area contributed by atoms with Gasteiger partial charge in [-0.1, -0.05) is 0 Å². The van der Waals surface area contributed by atoms with Gasteiger partial charge in [-0.15, -0.1) is 0 Å². The molecule has 0 saturated carbocycles. The average molecular weight is 216 g/mol. The Bertz CT molecular complexity index is 329. The van der Waals surface area contributed by atoms with E-state index in [2.05, 4.69) is 0 Å². The second-order valence-electron chi connectivity index (χ2n) is 3.08. The summed E-state index contributed by atoms with van der Waals surface area (Å²) in [5.74, 6) is -0.365. The summed E-state index contributed by atoms with van der Waals surface area (Å²) in [5, 5.41) is 27.2. The van der Waals surface area contributed by atoms with E-state index in [4.69, 9.17) is 14.9 Å². The van der Waals surface area contributed by atoms with Crippen LogP contribution < -0.4 is 4.74 Å². The van der Waals surface area contributed by atoms with Gasteiger partial charge < -0.3 is 20.1 Å². The molecule has 4 nitrogen and oxygen atoms in total. The fraction of sp³-hybridized carbons (Fsp3) is 0.400. The summed E-state index contributed by atoms with van der Waals surface area (Å²) in [5.41, 5.74) is -0.0719. The first kappa shape index (κ1) is 11.9. The number of halogens is 1. The van der Waals surface area contributed by atoms with Gasteiger partial charge in [-0.25, -0.2) is 4.39 Å². The first-order valence-electron chi connectivity index (χ1n) is 4.40. The molecule has 0 aliphatic carbocycles. The highest BCUT2D eigenvalue weighted by Crippen LogP contribution is 2.23. The molecule has 84 valence electrons. The molecule has 1 rings (SSSR count). The predicted octanol–water partition coefficient (Wildman–Crippen LogP) is 0.221. The van der Waals surface area contributed by atoms with Crippen LogP contribution in [0.1, 0.15) is 11.7 Å². The summed E-state index contributed by atoms with van der Waals surface area (Å²) in [6.45, 7) is -0.632. The van der Waals surface area contributed by atoms with Crippen molar-refractivity contribution in [1.82, 2.24) is 0 Å². The number of aliphatic hydroxyl groups excluding tert-OH is 3. The number of ether oxygens (including phenoxy) is 1. The van der Waals surface area contributed by atoms with Gasteiger partial charge in [0.15, 0.2) is 0 Å². The Morgan fingerprint density at radius 2 is 2.07 bits per heavy atom. The van der Waals surface area contributed by atoms with E-state index in [1.54, 1.807) is 0 Å². The minimum Gasteiger partial charge on any atom is -0.497 e. The van der Waals surface area contributed by atoms with Crippen LogP contribution in [0.4, 0.5) is 4.39 Å². The minimum absolute atomic E-state index is 0.0719. The van der Waals surface area contributed by atoms with Crippen LogP contribution in [0, 0.1) is 5.82 Å². The van der Waals surface area contributed by atoms with Gasteiger partial charge >= 0.3 is 0 Å². The lowest BCUT2D eigenvalue weighted by molar-refractivity contribution is -0.0168. The van der Waals surface area contributed by atoms with Gasteiger partial charge in [-0.05, 0) is 12.1 Å². The normalized spacial score (nSPS) is 14.7. The van der Waals surface area contributed by atoms with Gasteiger partial charge in [0.05, 0.1) is 13.7 Å². The highest BCUT2D eigenvalue weighted by atomic mass is 19.1. The van der Waals surface area contributed by atoms with Gasteiger partial charge in [-0.2, -0.15) is 0 Å². The lowest BCUT2D eigenvalue weighted by Crippen LogP contribution is -2.22. The number of aliphatic hydroxyl groups is 3. The largest absolute Gasteiger partial charge is 0.497 e. The van der Waals surface area contributed by atoms with Crippen LogP contribution >= 0.6 is 0 Å². The Balaban J connectivity index is 2.95. The van der Waals surface area contributed by atoms with Crippen molar-refractivity contribution in [2.75, 3.05) is 13.7 Å². The first-order chi connectivity index (χ1) is 7.10. The number of rotatable bonds is 4. The van der Waals surface area contributed by atoms with Crippen molar-refractivity contribution >= 4 is 0 Å². The zero-order chi connectivity index (χ0) is 11.4. The topological polar surface area (TPSA) is 69.9 Å². The SMILES string of the molecule is COc1ccc(C(O)C(O)CO)c(F)c1. The summed E-state index contributed by atoms with van der Waals surface area (Å²) in [7, 11) is 1.40. The molecule has 15 heavy (non-hydrogen) atoms. The van der Waals surface area contributed by atoms with Crippen molar-refractivity contribution in [3.8, 4) is 5.75 Å². The average Bonchev–Trinajstić information content (AvgIpc) is 2.26. The summed E-state index contributed by atoms with van der Waals surface area (Å²) in [4.78, 5) is 0. The molecule has 0 aromatic heterocycles. The molecule has 0 bridgehead atoms. The van der Waals surface area contributed by atoms with Gasteiger partial charge in [-0.3, -0.25) is 0 Å². The second kappa shape index (κ2) is 5.06. The Kier molecular flexibility index (Phi) is 4.02. The molecule has 0 amide bonds. The number of methoxy groups -OCH3 is 1. The van der Waals surface area contributed by atoms with Crippen LogP contribution in [-0.4, -0.2) is 35.1 Å². The van der Waals surface area contributed by atoms with Gasteiger partial charge in [0, 0.05) is 11.6 Å². The van der Waals surface area contributed by atoms with Crippen LogP contribution in [0.5, 0.6) is 5.75 Å². The maximum absolute atomic E-state index is 13.4. The molecule has 0 aliphatic rings. The Morgan fingerprint density at radius 1 is 1.40 bits per heavy atom. The van der Waals surface area contributed by atoms with Crippen molar-refractivity contribution in [3.05, 3.63) is 29.6 Å². The third kappa shape index (κ3) is 2.65. The van der Waals surface area contributed by atoms with Crippen LogP contribution in [0.3, 0.4) is 0 Å². The van der Waals surface area contributed by atoms with Crippen molar-refractivity contribution < 1.29 is 24.4 Å². The monoisotopic (exact) mass is 216 g/mol. The summed E-state index contributed by atoms with van der Waals surface area (Å²) < 4.78 is 18.1.